The SMILES string of the molecule is CSc1nc2cc(Cl)ccc2s1.CSc1sc2ccc(Cl)cc2[n+]1C.Cc1ccc(S(=O)(=O)[O-])cc1. The summed E-state index contributed by atoms with van der Waals surface area (Å²) in [6, 6.07) is 17.6. The van der Waals surface area contributed by atoms with Gasteiger partial charge in [-0.1, -0.05) is 64.0 Å². The Hall–Kier alpha value is -1.37. The number of benzene rings is 3. The number of hydrogen-bond acceptors (Lipinski definition) is 8. The number of thioether (sulfide) groups is 2. The molecule has 12 heteroatoms. The molecule has 0 unspecified atom stereocenters. The number of fused-ring (bicyclic) bond motifs is 2. The van der Waals surface area contributed by atoms with Crippen molar-refractivity contribution in [3.8, 4) is 0 Å². The van der Waals surface area contributed by atoms with E-state index >= 15 is 0 Å². The van der Waals surface area contributed by atoms with Crippen molar-refractivity contribution >= 4 is 100.0 Å². The number of aryl methyl sites for hydroxylation is 2. The zero-order valence-electron chi connectivity index (χ0n) is 19.7. The first-order valence-corrected chi connectivity index (χ1v) is 16.5. The first-order valence-electron chi connectivity index (χ1n) is 10.3. The minimum absolute atomic E-state index is 0.178. The lowest BCUT2D eigenvalue weighted by Crippen LogP contribution is -2.27. The first kappa shape index (κ1) is 29.2. The van der Waals surface area contributed by atoms with E-state index < -0.39 is 10.1 Å². The molecule has 190 valence electrons. The normalized spacial score (nSPS) is 11.1. The summed E-state index contributed by atoms with van der Waals surface area (Å²) in [4.78, 5) is 4.21. The molecule has 2 heterocycles. The standard InChI is InChI=1S/C9H9ClNS2.C8H6ClNS2.C7H8O3S/c1-11-7-5-6(10)3-4-8(7)13-9(11)12-2;1-11-8-10-6-4-5(9)2-3-7(6)12-8;1-6-2-4-7(5-3-6)11(8,9)10/h3-5H,1-2H3;2-4H,1H3;2-5H,1H3,(H,8,9,10)/q+1;;/p-1. The van der Waals surface area contributed by atoms with E-state index in [4.69, 9.17) is 23.2 Å². The number of halogens is 2. The van der Waals surface area contributed by atoms with E-state index in [9.17, 15) is 13.0 Å². The van der Waals surface area contributed by atoms with Gasteiger partial charge >= 0.3 is 0 Å². The average Bonchev–Trinajstić information content (AvgIpc) is 3.39. The van der Waals surface area contributed by atoms with E-state index in [2.05, 4.69) is 28.9 Å². The highest BCUT2D eigenvalue weighted by Crippen LogP contribution is 2.29. The molecule has 0 aliphatic rings. The van der Waals surface area contributed by atoms with Crippen LogP contribution in [0.1, 0.15) is 5.56 Å². The molecule has 0 radical (unpaired) electrons. The second kappa shape index (κ2) is 12.9. The van der Waals surface area contributed by atoms with Crippen LogP contribution >= 0.6 is 69.4 Å². The van der Waals surface area contributed by atoms with Gasteiger partial charge in [0.25, 0.3) is 4.34 Å². The van der Waals surface area contributed by atoms with Crippen LogP contribution in [-0.4, -0.2) is 30.5 Å². The summed E-state index contributed by atoms with van der Waals surface area (Å²) in [6.45, 7) is 1.82. The predicted molar refractivity (Wildman–Crippen MR) is 155 cm³/mol. The fourth-order valence-corrected chi connectivity index (χ4v) is 7.06. The molecule has 5 rings (SSSR count). The highest BCUT2D eigenvalue weighted by Gasteiger charge is 2.15. The van der Waals surface area contributed by atoms with Gasteiger partial charge in [0.15, 0.2) is 4.34 Å². The Kier molecular flexibility index (Phi) is 10.5. The number of hydrogen-bond donors (Lipinski definition) is 0. The topological polar surface area (TPSA) is 74.0 Å². The number of thiazole rings is 2. The van der Waals surface area contributed by atoms with E-state index in [-0.39, 0.29) is 4.90 Å². The van der Waals surface area contributed by atoms with Gasteiger partial charge < -0.3 is 4.55 Å². The van der Waals surface area contributed by atoms with Gasteiger partial charge in [-0.15, -0.1) is 11.3 Å². The Labute approximate surface area is 237 Å². The summed E-state index contributed by atoms with van der Waals surface area (Å²) in [6.07, 6.45) is 4.12. The molecule has 0 amide bonds. The quantitative estimate of drug-likeness (QED) is 0.118. The summed E-state index contributed by atoms with van der Waals surface area (Å²) < 4.78 is 38.2. The van der Waals surface area contributed by atoms with Crippen molar-refractivity contribution in [2.45, 2.75) is 20.5 Å². The Morgan fingerprint density at radius 3 is 2.08 bits per heavy atom. The zero-order valence-corrected chi connectivity index (χ0v) is 25.3. The minimum Gasteiger partial charge on any atom is -0.744 e. The fourth-order valence-electron chi connectivity index (χ4n) is 2.95. The van der Waals surface area contributed by atoms with Crippen LogP contribution in [0, 0.1) is 6.92 Å². The van der Waals surface area contributed by atoms with Crippen molar-refractivity contribution in [2.75, 3.05) is 12.5 Å². The van der Waals surface area contributed by atoms with Gasteiger partial charge in [0.1, 0.15) is 21.9 Å². The van der Waals surface area contributed by atoms with E-state index in [1.807, 2.05) is 43.5 Å². The van der Waals surface area contributed by atoms with Crippen molar-refractivity contribution in [3.05, 3.63) is 76.3 Å². The largest absolute Gasteiger partial charge is 0.744 e. The molecule has 0 spiro atoms. The molecule has 0 saturated heterocycles. The Morgan fingerprint density at radius 1 is 0.889 bits per heavy atom. The van der Waals surface area contributed by atoms with E-state index in [0.29, 0.717) is 0 Å². The van der Waals surface area contributed by atoms with Gasteiger partial charge in [-0.2, -0.15) is 4.57 Å². The number of rotatable bonds is 3. The smallest absolute Gasteiger partial charge is 0.297 e. The number of nitrogens with zero attached hydrogens (tertiary/aromatic N) is 2. The van der Waals surface area contributed by atoms with Crippen molar-refractivity contribution in [3.63, 3.8) is 0 Å². The van der Waals surface area contributed by atoms with Gasteiger partial charge in [-0.3, -0.25) is 0 Å². The molecule has 0 atom stereocenters. The molecular weight excluding hydrogens is 596 g/mol. The maximum atomic E-state index is 10.4. The summed E-state index contributed by atoms with van der Waals surface area (Å²) in [5.74, 6) is 0. The van der Waals surface area contributed by atoms with Crippen LogP contribution in [0.25, 0.3) is 20.4 Å². The van der Waals surface area contributed by atoms with Crippen LogP contribution in [0.5, 0.6) is 0 Å². The third-order valence-electron chi connectivity index (χ3n) is 4.74. The Bertz CT molecular complexity index is 1580. The second-order valence-corrected chi connectivity index (χ2v) is 13.7. The van der Waals surface area contributed by atoms with Crippen LogP contribution < -0.4 is 4.57 Å². The lowest BCUT2D eigenvalue weighted by atomic mass is 10.2. The predicted octanol–water partition coefficient (Wildman–Crippen LogP) is 7.67. The monoisotopic (exact) mass is 616 g/mol. The maximum Gasteiger partial charge on any atom is 0.297 e. The van der Waals surface area contributed by atoms with Gasteiger partial charge in [0.2, 0.25) is 5.52 Å². The summed E-state index contributed by atoms with van der Waals surface area (Å²) in [7, 11) is -2.20. The lowest BCUT2D eigenvalue weighted by molar-refractivity contribution is -0.676. The molecule has 36 heavy (non-hydrogen) atoms. The van der Waals surface area contributed by atoms with E-state index in [0.717, 1.165) is 25.5 Å². The van der Waals surface area contributed by atoms with Crippen LogP contribution in [0.3, 0.4) is 0 Å². The molecule has 0 N–H and O–H groups in total. The fraction of sp³-hybridized carbons (Fsp3) is 0.167. The summed E-state index contributed by atoms with van der Waals surface area (Å²) in [5.41, 5.74) is 3.14. The molecule has 0 aliphatic heterocycles. The molecule has 3 aromatic carbocycles. The van der Waals surface area contributed by atoms with E-state index in [1.165, 1.54) is 31.4 Å². The average molecular weight is 618 g/mol. The van der Waals surface area contributed by atoms with Crippen LogP contribution in [0.4, 0.5) is 0 Å². The molecule has 0 aliphatic carbocycles. The zero-order chi connectivity index (χ0) is 26.5. The molecule has 0 fully saturated rings. The van der Waals surface area contributed by atoms with Gasteiger partial charge in [-0.25, -0.2) is 13.4 Å². The lowest BCUT2D eigenvalue weighted by Gasteiger charge is -2.05. The molecule has 0 bridgehead atoms. The Morgan fingerprint density at radius 2 is 1.50 bits per heavy atom. The molecular formula is C24H22Cl2N2O3S5. The highest BCUT2D eigenvalue weighted by molar-refractivity contribution is 8.00. The van der Waals surface area contributed by atoms with Crippen LogP contribution in [0.15, 0.2) is 74.2 Å². The summed E-state index contributed by atoms with van der Waals surface area (Å²) >= 11 is 18.7. The minimum atomic E-state index is -4.27. The molecule has 5 aromatic rings. The van der Waals surface area contributed by atoms with Crippen molar-refractivity contribution in [2.24, 2.45) is 7.05 Å². The first-order chi connectivity index (χ1) is 17.0. The molecule has 2 aromatic heterocycles. The third kappa shape index (κ3) is 7.82. The van der Waals surface area contributed by atoms with Gasteiger partial charge in [-0.05, 0) is 73.7 Å². The highest BCUT2D eigenvalue weighted by atomic mass is 35.5. The second-order valence-electron chi connectivity index (χ2n) is 7.31. The third-order valence-corrected chi connectivity index (χ3v) is 10.5. The van der Waals surface area contributed by atoms with E-state index in [1.54, 1.807) is 58.3 Å². The van der Waals surface area contributed by atoms with Crippen LogP contribution in [-0.2, 0) is 17.2 Å². The maximum absolute atomic E-state index is 10.4. The summed E-state index contributed by atoms with van der Waals surface area (Å²) in [5, 5.41) is 1.55. The van der Waals surface area contributed by atoms with Gasteiger partial charge in [0, 0.05) is 16.1 Å². The van der Waals surface area contributed by atoms with Crippen molar-refractivity contribution in [1.82, 2.24) is 4.98 Å². The van der Waals surface area contributed by atoms with Crippen molar-refractivity contribution < 1.29 is 17.5 Å². The van der Waals surface area contributed by atoms with Gasteiger partial charge in [0.05, 0.1) is 15.1 Å². The number of aromatic nitrogens is 2. The molecule has 5 nitrogen and oxygen atoms in total. The Balaban J connectivity index is 0.000000151. The van der Waals surface area contributed by atoms with Crippen molar-refractivity contribution in [1.29, 1.82) is 0 Å². The van der Waals surface area contributed by atoms with Crippen LogP contribution in [0.2, 0.25) is 10.0 Å². The molecule has 0 saturated carbocycles.